The molecule has 5 nitrogen and oxygen atoms in total. The summed E-state index contributed by atoms with van der Waals surface area (Å²) in [5.74, 6) is -0.252. The lowest BCUT2D eigenvalue weighted by atomic mass is 9.68. The van der Waals surface area contributed by atoms with Crippen molar-refractivity contribution in [2.75, 3.05) is 19.6 Å². The molecule has 2 aliphatic heterocycles. The summed E-state index contributed by atoms with van der Waals surface area (Å²) in [7, 11) is 0. The molecule has 8 heteroatoms. The summed E-state index contributed by atoms with van der Waals surface area (Å²) in [6, 6.07) is 20.5. The first-order chi connectivity index (χ1) is 18.8. The highest BCUT2D eigenvalue weighted by Crippen LogP contribution is 2.39. The molecule has 2 fully saturated rings. The zero-order chi connectivity index (χ0) is 27.6. The summed E-state index contributed by atoms with van der Waals surface area (Å²) < 4.78 is 0. The minimum Gasteiger partial charge on any atom is -0.369 e. The Morgan fingerprint density at radius 1 is 0.949 bits per heavy atom. The number of halogens is 3. The summed E-state index contributed by atoms with van der Waals surface area (Å²) in [6.07, 6.45) is 2.75. The van der Waals surface area contributed by atoms with E-state index >= 15 is 0 Å². The molecule has 39 heavy (non-hydrogen) atoms. The molecule has 3 aromatic rings. The van der Waals surface area contributed by atoms with Crippen molar-refractivity contribution in [2.45, 2.75) is 37.1 Å². The molecule has 0 spiro atoms. The molecule has 4 unspecified atom stereocenters. The molecular formula is C31H32Cl3N3O2. The van der Waals surface area contributed by atoms with Gasteiger partial charge in [0.05, 0.1) is 15.5 Å². The first-order valence-electron chi connectivity index (χ1n) is 13.4. The summed E-state index contributed by atoms with van der Waals surface area (Å²) in [4.78, 5) is 27.0. The number of carbonyl (C=O) groups excluding carboxylic acids is 2. The third-order valence-electron chi connectivity index (χ3n) is 8.40. The Kier molecular flexibility index (Phi) is 8.65. The van der Waals surface area contributed by atoms with E-state index in [0.717, 1.165) is 36.2 Å². The predicted octanol–water partition coefficient (Wildman–Crippen LogP) is 6.29. The average molecular weight is 585 g/mol. The maximum atomic E-state index is 14.1. The van der Waals surface area contributed by atoms with Crippen LogP contribution in [0.3, 0.4) is 0 Å². The van der Waals surface area contributed by atoms with Crippen molar-refractivity contribution in [3.8, 4) is 11.1 Å². The quantitative estimate of drug-likeness (QED) is 0.272. The second-order valence-corrected chi connectivity index (χ2v) is 11.9. The van der Waals surface area contributed by atoms with Gasteiger partial charge in [-0.2, -0.15) is 0 Å². The van der Waals surface area contributed by atoms with Gasteiger partial charge in [-0.1, -0.05) is 71.2 Å². The minimum atomic E-state index is -0.750. The smallest absolute Gasteiger partial charge is 0.228 e. The number of benzene rings is 3. The van der Waals surface area contributed by atoms with E-state index in [2.05, 4.69) is 10.6 Å². The summed E-state index contributed by atoms with van der Waals surface area (Å²) in [5, 5.41) is 8.43. The standard InChI is InChI=1S/C31H32Cl3N3O2/c32-26-8-7-20(14-24(26)19-6-9-27(33)28(34)15-19)29(38)25(21-10-12-36-18-21)16-23-17-31(30(35)39,11-13-37-23)22-4-2-1-3-5-22/h1-9,14-15,21,23,25,36-37H,10-13,16-18H2,(H2,35,39). The fourth-order valence-electron chi connectivity index (χ4n) is 6.25. The fourth-order valence-corrected chi connectivity index (χ4v) is 6.78. The number of primary amides is 1. The van der Waals surface area contributed by atoms with Gasteiger partial charge in [0.2, 0.25) is 5.91 Å². The van der Waals surface area contributed by atoms with E-state index < -0.39 is 5.41 Å². The van der Waals surface area contributed by atoms with Crippen molar-refractivity contribution in [2.24, 2.45) is 17.6 Å². The van der Waals surface area contributed by atoms with Gasteiger partial charge in [-0.3, -0.25) is 9.59 Å². The molecule has 4 atom stereocenters. The van der Waals surface area contributed by atoms with Crippen molar-refractivity contribution in [1.82, 2.24) is 10.6 Å². The lowest BCUT2D eigenvalue weighted by Gasteiger charge is -2.41. The lowest BCUT2D eigenvalue weighted by molar-refractivity contribution is -0.125. The maximum absolute atomic E-state index is 14.1. The van der Waals surface area contributed by atoms with Crippen LogP contribution in [0.4, 0.5) is 0 Å². The van der Waals surface area contributed by atoms with Crippen molar-refractivity contribution in [3.63, 3.8) is 0 Å². The molecule has 0 saturated carbocycles. The molecule has 204 valence electrons. The lowest BCUT2D eigenvalue weighted by Crippen LogP contribution is -2.53. The highest BCUT2D eigenvalue weighted by molar-refractivity contribution is 6.42. The molecule has 0 aromatic heterocycles. The second-order valence-electron chi connectivity index (χ2n) is 10.7. The van der Waals surface area contributed by atoms with Gasteiger partial charge in [0.1, 0.15) is 0 Å². The Balaban J connectivity index is 1.44. The van der Waals surface area contributed by atoms with E-state index in [4.69, 9.17) is 40.5 Å². The van der Waals surface area contributed by atoms with Crippen molar-refractivity contribution < 1.29 is 9.59 Å². The number of hydrogen-bond donors (Lipinski definition) is 3. The molecule has 2 saturated heterocycles. The normalized spacial score (nSPS) is 23.9. The molecule has 5 rings (SSSR count). The van der Waals surface area contributed by atoms with Gasteiger partial charge in [-0.15, -0.1) is 0 Å². The number of amides is 1. The number of Topliss-reactive ketones (excluding diaryl/α,β-unsaturated/α-hetero) is 1. The number of nitrogens with two attached hydrogens (primary N) is 1. The van der Waals surface area contributed by atoms with Crippen molar-refractivity contribution in [1.29, 1.82) is 0 Å². The Bertz CT molecular complexity index is 1360. The van der Waals surface area contributed by atoms with Crippen LogP contribution in [0.25, 0.3) is 11.1 Å². The van der Waals surface area contributed by atoms with Gasteiger partial charge in [-0.25, -0.2) is 0 Å². The molecule has 2 aliphatic rings. The molecule has 0 radical (unpaired) electrons. The first-order valence-corrected chi connectivity index (χ1v) is 14.5. The SMILES string of the molecule is NC(=O)C1(c2ccccc2)CCNC(CC(C(=O)c2ccc(Cl)c(-c3ccc(Cl)c(Cl)c3)c2)C2CCNC2)C1. The van der Waals surface area contributed by atoms with Gasteiger partial charge in [0.15, 0.2) is 5.78 Å². The summed E-state index contributed by atoms with van der Waals surface area (Å²) in [5.41, 5.74) is 8.36. The number of piperidine rings is 1. The number of hydrogen-bond acceptors (Lipinski definition) is 4. The molecule has 2 heterocycles. The van der Waals surface area contributed by atoms with E-state index in [9.17, 15) is 9.59 Å². The molecule has 1 amide bonds. The molecule has 0 aliphatic carbocycles. The topological polar surface area (TPSA) is 84.2 Å². The largest absolute Gasteiger partial charge is 0.369 e. The number of rotatable bonds is 8. The zero-order valence-electron chi connectivity index (χ0n) is 21.6. The summed E-state index contributed by atoms with van der Waals surface area (Å²) >= 11 is 18.9. The van der Waals surface area contributed by atoms with Crippen LogP contribution >= 0.6 is 34.8 Å². The molecular weight excluding hydrogens is 553 g/mol. The Morgan fingerprint density at radius 2 is 1.72 bits per heavy atom. The highest BCUT2D eigenvalue weighted by atomic mass is 35.5. The number of nitrogens with one attached hydrogen (secondary N) is 2. The van der Waals surface area contributed by atoms with Crippen LogP contribution in [0.1, 0.15) is 41.6 Å². The average Bonchev–Trinajstić information content (AvgIpc) is 3.48. The predicted molar refractivity (Wildman–Crippen MR) is 159 cm³/mol. The van der Waals surface area contributed by atoms with E-state index in [1.54, 1.807) is 24.3 Å². The van der Waals surface area contributed by atoms with E-state index in [1.807, 2.05) is 42.5 Å². The van der Waals surface area contributed by atoms with Gasteiger partial charge in [0, 0.05) is 28.1 Å². The van der Waals surface area contributed by atoms with Crippen molar-refractivity contribution >= 4 is 46.5 Å². The van der Waals surface area contributed by atoms with Crippen LogP contribution in [-0.4, -0.2) is 37.4 Å². The van der Waals surface area contributed by atoms with Crippen LogP contribution < -0.4 is 16.4 Å². The minimum absolute atomic E-state index is 0.0251. The van der Waals surface area contributed by atoms with E-state index in [1.165, 1.54) is 0 Å². The number of carbonyl (C=O) groups is 2. The Hall–Kier alpha value is -2.41. The monoisotopic (exact) mass is 583 g/mol. The second kappa shape index (κ2) is 12.0. The van der Waals surface area contributed by atoms with Crippen LogP contribution in [0.5, 0.6) is 0 Å². The van der Waals surface area contributed by atoms with E-state index in [0.29, 0.717) is 46.4 Å². The highest BCUT2D eigenvalue weighted by Gasteiger charge is 2.44. The van der Waals surface area contributed by atoms with Crippen LogP contribution in [0.2, 0.25) is 15.1 Å². The van der Waals surface area contributed by atoms with Gasteiger partial charge in [-0.05, 0) is 92.7 Å². The fraction of sp³-hybridized carbons (Fsp3) is 0.355. The first kappa shape index (κ1) is 28.1. The zero-order valence-corrected chi connectivity index (χ0v) is 23.8. The van der Waals surface area contributed by atoms with Crippen molar-refractivity contribution in [3.05, 3.63) is 92.9 Å². The molecule has 3 aromatic carbocycles. The van der Waals surface area contributed by atoms with E-state index in [-0.39, 0.29) is 29.6 Å². The van der Waals surface area contributed by atoms with Crippen LogP contribution in [-0.2, 0) is 10.2 Å². The third-order valence-corrected chi connectivity index (χ3v) is 9.47. The van der Waals surface area contributed by atoms with Gasteiger partial charge in [0.25, 0.3) is 0 Å². The Labute approximate surface area is 244 Å². The maximum Gasteiger partial charge on any atom is 0.228 e. The van der Waals surface area contributed by atoms with Gasteiger partial charge >= 0.3 is 0 Å². The van der Waals surface area contributed by atoms with Crippen LogP contribution in [0.15, 0.2) is 66.7 Å². The Morgan fingerprint density at radius 3 is 2.41 bits per heavy atom. The molecule has 0 bridgehead atoms. The number of ketones is 1. The van der Waals surface area contributed by atoms with Gasteiger partial charge < -0.3 is 16.4 Å². The molecule has 4 N–H and O–H groups in total. The van der Waals surface area contributed by atoms with Crippen LogP contribution in [0, 0.1) is 11.8 Å². The summed E-state index contributed by atoms with van der Waals surface area (Å²) in [6.45, 7) is 2.34. The third kappa shape index (κ3) is 5.89.